The van der Waals surface area contributed by atoms with Gasteiger partial charge in [-0.15, -0.1) is 0 Å². The molecular weight excluding hydrogens is 446 g/mol. The first-order chi connectivity index (χ1) is 17.1. The van der Waals surface area contributed by atoms with Crippen LogP contribution in [0.15, 0.2) is 102 Å². The molecule has 1 amide bonds. The van der Waals surface area contributed by atoms with Gasteiger partial charge in [0.2, 0.25) is 5.91 Å². The van der Waals surface area contributed by atoms with Crippen molar-refractivity contribution in [3.63, 3.8) is 0 Å². The van der Waals surface area contributed by atoms with E-state index in [9.17, 15) is 9.90 Å². The zero-order chi connectivity index (χ0) is 26.9. The van der Waals surface area contributed by atoms with Crippen LogP contribution in [-0.4, -0.2) is 34.9 Å². The summed E-state index contributed by atoms with van der Waals surface area (Å²) in [6.45, 7) is 11.7. The SMILES string of the molecule is CC(C=CC=CC=CC=C(C)C(=O)NC(C)CO)=CC(C)C(O)C(C)=CC(C)CCc1ccccc1. The molecule has 0 heterocycles. The van der Waals surface area contributed by atoms with Gasteiger partial charge < -0.3 is 15.5 Å². The third-order valence-corrected chi connectivity index (χ3v) is 5.93. The van der Waals surface area contributed by atoms with E-state index in [1.807, 2.05) is 57.2 Å². The van der Waals surface area contributed by atoms with Crippen molar-refractivity contribution in [3.05, 3.63) is 107 Å². The topological polar surface area (TPSA) is 69.6 Å². The fraction of sp³-hybridized carbons (Fsp3) is 0.406. The van der Waals surface area contributed by atoms with Gasteiger partial charge in [-0.05, 0) is 57.6 Å². The van der Waals surface area contributed by atoms with Crippen LogP contribution in [0.5, 0.6) is 0 Å². The van der Waals surface area contributed by atoms with E-state index in [4.69, 9.17) is 5.11 Å². The molecule has 0 saturated carbocycles. The number of rotatable bonds is 14. The first kappa shape index (κ1) is 31.1. The second kappa shape index (κ2) is 17.5. The summed E-state index contributed by atoms with van der Waals surface area (Å²) < 4.78 is 0. The van der Waals surface area contributed by atoms with E-state index >= 15 is 0 Å². The lowest BCUT2D eigenvalue weighted by molar-refractivity contribution is -0.118. The quantitative estimate of drug-likeness (QED) is 0.163. The molecule has 4 atom stereocenters. The summed E-state index contributed by atoms with van der Waals surface area (Å²) in [5.74, 6) is 0.241. The Morgan fingerprint density at radius 2 is 1.58 bits per heavy atom. The minimum Gasteiger partial charge on any atom is -0.394 e. The molecule has 0 aliphatic heterocycles. The van der Waals surface area contributed by atoms with Crippen LogP contribution in [0.2, 0.25) is 0 Å². The minimum atomic E-state index is -0.501. The third-order valence-electron chi connectivity index (χ3n) is 5.93. The van der Waals surface area contributed by atoms with Gasteiger partial charge in [-0.2, -0.15) is 0 Å². The molecular formula is C32H45NO3. The van der Waals surface area contributed by atoms with Crippen molar-refractivity contribution in [2.45, 2.75) is 66.5 Å². The Kier molecular flexibility index (Phi) is 15.1. The summed E-state index contributed by atoms with van der Waals surface area (Å²) in [5.41, 5.74) is 4.04. The molecule has 0 aromatic heterocycles. The first-order valence-electron chi connectivity index (χ1n) is 12.8. The van der Waals surface area contributed by atoms with Crippen molar-refractivity contribution in [2.75, 3.05) is 6.61 Å². The van der Waals surface area contributed by atoms with Crippen molar-refractivity contribution in [1.29, 1.82) is 0 Å². The van der Waals surface area contributed by atoms with Crippen molar-refractivity contribution in [2.24, 2.45) is 11.8 Å². The highest BCUT2D eigenvalue weighted by Crippen LogP contribution is 2.19. The zero-order valence-electron chi connectivity index (χ0n) is 22.8. The van der Waals surface area contributed by atoms with Crippen LogP contribution in [0.4, 0.5) is 0 Å². The standard InChI is InChI=1S/C32H45NO3/c1-24(15-11-8-7-9-12-16-26(3)32(36)33-29(6)23-34)21-27(4)31(35)28(5)22-25(2)19-20-30-17-13-10-14-18-30/h7-18,21-22,25,27,29,31,34-35H,19-20,23H2,1-6H3,(H,33,36). The van der Waals surface area contributed by atoms with E-state index in [2.05, 4.69) is 48.7 Å². The van der Waals surface area contributed by atoms with Gasteiger partial charge in [-0.3, -0.25) is 4.79 Å². The molecule has 1 aromatic carbocycles. The van der Waals surface area contributed by atoms with E-state index in [0.29, 0.717) is 11.5 Å². The Balaban J connectivity index is 2.53. The molecule has 0 radical (unpaired) electrons. The van der Waals surface area contributed by atoms with Gasteiger partial charge in [-0.25, -0.2) is 0 Å². The highest BCUT2D eigenvalue weighted by Gasteiger charge is 2.14. The molecule has 1 rings (SSSR count). The Morgan fingerprint density at radius 1 is 0.944 bits per heavy atom. The Bertz CT molecular complexity index is 966. The molecule has 0 spiro atoms. The number of hydrogen-bond acceptors (Lipinski definition) is 3. The Labute approximate surface area is 218 Å². The van der Waals surface area contributed by atoms with Crippen molar-refractivity contribution >= 4 is 5.91 Å². The summed E-state index contributed by atoms with van der Waals surface area (Å²) in [6.07, 6.45) is 19.1. The largest absolute Gasteiger partial charge is 0.394 e. The molecule has 0 aliphatic carbocycles. The minimum absolute atomic E-state index is 0.0175. The number of benzene rings is 1. The number of aryl methyl sites for hydroxylation is 1. The van der Waals surface area contributed by atoms with E-state index < -0.39 is 6.10 Å². The van der Waals surface area contributed by atoms with Crippen molar-refractivity contribution in [1.82, 2.24) is 5.32 Å². The van der Waals surface area contributed by atoms with Gasteiger partial charge >= 0.3 is 0 Å². The number of allylic oxidation sites excluding steroid dienone is 9. The van der Waals surface area contributed by atoms with Gasteiger partial charge in [0, 0.05) is 17.5 Å². The average Bonchev–Trinajstić information content (AvgIpc) is 2.86. The predicted octanol–water partition coefficient (Wildman–Crippen LogP) is 6.26. The maximum absolute atomic E-state index is 11.9. The number of aliphatic hydroxyl groups excluding tert-OH is 2. The Morgan fingerprint density at radius 3 is 2.25 bits per heavy atom. The second-order valence-corrected chi connectivity index (χ2v) is 9.66. The van der Waals surface area contributed by atoms with Crippen molar-refractivity contribution < 1.29 is 15.0 Å². The average molecular weight is 492 g/mol. The van der Waals surface area contributed by atoms with Crippen LogP contribution in [0.1, 0.15) is 53.5 Å². The lowest BCUT2D eigenvalue weighted by atomic mass is 9.92. The smallest absolute Gasteiger partial charge is 0.247 e. The number of amides is 1. The molecule has 4 nitrogen and oxygen atoms in total. The van der Waals surface area contributed by atoms with Gasteiger partial charge in [0.1, 0.15) is 0 Å². The first-order valence-corrected chi connectivity index (χ1v) is 12.8. The molecule has 0 aliphatic rings. The summed E-state index contributed by atoms with van der Waals surface area (Å²) in [5, 5.41) is 22.5. The summed E-state index contributed by atoms with van der Waals surface area (Å²) in [6, 6.07) is 10.3. The number of carbonyl (C=O) groups is 1. The molecule has 1 aromatic rings. The monoisotopic (exact) mass is 491 g/mol. The van der Waals surface area contributed by atoms with Crippen LogP contribution >= 0.6 is 0 Å². The molecule has 3 N–H and O–H groups in total. The molecule has 0 bridgehead atoms. The molecule has 4 unspecified atom stereocenters. The van der Waals surface area contributed by atoms with Crippen LogP contribution in [0, 0.1) is 11.8 Å². The maximum atomic E-state index is 11.9. The summed E-state index contributed by atoms with van der Waals surface area (Å²) >= 11 is 0. The zero-order valence-corrected chi connectivity index (χ0v) is 22.8. The number of hydrogen-bond donors (Lipinski definition) is 3. The van der Waals surface area contributed by atoms with Gasteiger partial charge in [-0.1, -0.05) is 104 Å². The molecule has 0 saturated heterocycles. The number of aliphatic hydroxyl groups is 2. The summed E-state index contributed by atoms with van der Waals surface area (Å²) in [4.78, 5) is 11.9. The van der Waals surface area contributed by atoms with E-state index in [0.717, 1.165) is 24.0 Å². The van der Waals surface area contributed by atoms with Gasteiger partial charge in [0.25, 0.3) is 0 Å². The van der Waals surface area contributed by atoms with Crippen LogP contribution in [0.25, 0.3) is 0 Å². The molecule has 36 heavy (non-hydrogen) atoms. The molecule has 4 heteroatoms. The highest BCUT2D eigenvalue weighted by atomic mass is 16.3. The maximum Gasteiger partial charge on any atom is 0.247 e. The predicted molar refractivity (Wildman–Crippen MR) is 152 cm³/mol. The van der Waals surface area contributed by atoms with Crippen LogP contribution in [-0.2, 0) is 11.2 Å². The summed E-state index contributed by atoms with van der Waals surface area (Å²) in [7, 11) is 0. The van der Waals surface area contributed by atoms with Gasteiger partial charge in [0.15, 0.2) is 0 Å². The third kappa shape index (κ3) is 13.2. The van der Waals surface area contributed by atoms with Crippen molar-refractivity contribution in [3.8, 4) is 0 Å². The number of carbonyl (C=O) groups excluding carboxylic acids is 1. The number of nitrogens with one attached hydrogen (secondary N) is 1. The lowest BCUT2D eigenvalue weighted by Gasteiger charge is -2.19. The van der Waals surface area contributed by atoms with Crippen LogP contribution in [0.3, 0.4) is 0 Å². The molecule has 0 fully saturated rings. The lowest BCUT2D eigenvalue weighted by Crippen LogP contribution is -2.35. The second-order valence-electron chi connectivity index (χ2n) is 9.66. The van der Waals surface area contributed by atoms with Gasteiger partial charge in [0.05, 0.1) is 12.7 Å². The fourth-order valence-electron chi connectivity index (χ4n) is 3.70. The van der Waals surface area contributed by atoms with Crippen LogP contribution < -0.4 is 5.32 Å². The van der Waals surface area contributed by atoms with E-state index in [-0.39, 0.29) is 24.5 Å². The highest BCUT2D eigenvalue weighted by molar-refractivity contribution is 5.93. The fourth-order valence-corrected chi connectivity index (χ4v) is 3.70. The van der Waals surface area contributed by atoms with E-state index in [1.165, 1.54) is 5.56 Å². The van der Waals surface area contributed by atoms with E-state index in [1.54, 1.807) is 26.0 Å². The normalized spacial score (nSPS) is 17.1. The Hall–Kier alpha value is -2.95. The molecule has 196 valence electrons.